The van der Waals surface area contributed by atoms with Gasteiger partial charge in [0.1, 0.15) is 10.6 Å². The van der Waals surface area contributed by atoms with E-state index in [4.69, 9.17) is 4.74 Å². The van der Waals surface area contributed by atoms with Gasteiger partial charge in [0.05, 0.1) is 7.11 Å². The van der Waals surface area contributed by atoms with Crippen molar-refractivity contribution in [3.05, 3.63) is 50.6 Å². The Kier molecular flexibility index (Phi) is 4.61. The van der Waals surface area contributed by atoms with Crippen LogP contribution in [-0.2, 0) is 6.54 Å². The monoisotopic (exact) mass is 339 g/mol. The molecule has 2 rings (SSSR count). The second kappa shape index (κ2) is 6.21. The summed E-state index contributed by atoms with van der Waals surface area (Å²) in [5, 5.41) is 1.90. The van der Waals surface area contributed by atoms with Crippen molar-refractivity contribution in [1.82, 2.24) is 4.90 Å². The highest BCUT2D eigenvalue weighted by Crippen LogP contribution is 2.24. The molecule has 0 unspecified atom stereocenters. The first kappa shape index (κ1) is 14.1. The Morgan fingerprint density at radius 1 is 1.42 bits per heavy atom. The summed E-state index contributed by atoms with van der Waals surface area (Å²) >= 11 is 4.83. The second-order valence-corrected chi connectivity index (χ2v) is 5.88. The van der Waals surface area contributed by atoms with Crippen LogP contribution >= 0.6 is 27.3 Å². The number of hydrogen-bond acceptors (Lipinski definition) is 3. The molecule has 19 heavy (non-hydrogen) atoms. The molecule has 1 heterocycles. The zero-order chi connectivity index (χ0) is 13.8. The van der Waals surface area contributed by atoms with Crippen LogP contribution in [0, 0.1) is 0 Å². The molecule has 0 aliphatic heterocycles. The van der Waals surface area contributed by atoms with E-state index in [2.05, 4.69) is 15.9 Å². The van der Waals surface area contributed by atoms with Crippen molar-refractivity contribution in [3.8, 4) is 5.75 Å². The summed E-state index contributed by atoms with van der Waals surface area (Å²) in [4.78, 5) is 14.7. The maximum atomic E-state index is 12.3. The van der Waals surface area contributed by atoms with Crippen LogP contribution in [0.25, 0.3) is 0 Å². The third-order valence-corrected chi connectivity index (χ3v) is 4.54. The Bertz CT molecular complexity index is 582. The third kappa shape index (κ3) is 3.36. The number of thiophene rings is 1. The lowest BCUT2D eigenvalue weighted by Gasteiger charge is -2.17. The van der Waals surface area contributed by atoms with Gasteiger partial charge in [-0.05, 0) is 45.1 Å². The molecule has 5 heteroatoms. The first-order valence-electron chi connectivity index (χ1n) is 5.73. The molecule has 0 aliphatic carbocycles. The third-order valence-electron chi connectivity index (χ3n) is 2.71. The van der Waals surface area contributed by atoms with Crippen molar-refractivity contribution in [3.63, 3.8) is 0 Å². The van der Waals surface area contributed by atoms with E-state index in [0.717, 1.165) is 20.7 Å². The first-order valence-corrected chi connectivity index (χ1v) is 7.40. The molecule has 1 aromatic heterocycles. The van der Waals surface area contributed by atoms with E-state index in [1.807, 2.05) is 35.7 Å². The number of nitrogens with zero attached hydrogens (tertiary/aromatic N) is 1. The quantitative estimate of drug-likeness (QED) is 0.847. The van der Waals surface area contributed by atoms with Gasteiger partial charge in [-0.15, -0.1) is 11.3 Å². The summed E-state index contributed by atoms with van der Waals surface area (Å²) in [6.07, 6.45) is 0. The number of ether oxygens (including phenoxy) is 1. The zero-order valence-electron chi connectivity index (χ0n) is 10.7. The molecule has 0 N–H and O–H groups in total. The highest BCUT2D eigenvalue weighted by atomic mass is 79.9. The standard InChI is InChI=1S/C14H14BrNO2S/c1-16(14(17)13-12(15)6-7-19-13)9-10-4-3-5-11(8-10)18-2/h3-8H,9H2,1-2H3. The molecular formula is C14H14BrNO2S. The minimum atomic E-state index is 0.0182. The van der Waals surface area contributed by atoms with Gasteiger partial charge in [-0.3, -0.25) is 4.79 Å². The molecule has 0 bridgehead atoms. The van der Waals surface area contributed by atoms with E-state index >= 15 is 0 Å². The Morgan fingerprint density at radius 2 is 2.21 bits per heavy atom. The van der Waals surface area contributed by atoms with E-state index in [0.29, 0.717) is 6.54 Å². The van der Waals surface area contributed by atoms with E-state index in [-0.39, 0.29) is 5.91 Å². The molecule has 3 nitrogen and oxygen atoms in total. The second-order valence-electron chi connectivity index (χ2n) is 4.11. The molecule has 0 saturated heterocycles. The smallest absolute Gasteiger partial charge is 0.265 e. The summed E-state index contributed by atoms with van der Waals surface area (Å²) in [6.45, 7) is 0.556. The number of carbonyl (C=O) groups is 1. The normalized spacial score (nSPS) is 10.3. The van der Waals surface area contributed by atoms with Gasteiger partial charge in [0.15, 0.2) is 0 Å². The highest BCUT2D eigenvalue weighted by Gasteiger charge is 2.16. The summed E-state index contributed by atoms with van der Waals surface area (Å²) < 4.78 is 6.03. The molecular weight excluding hydrogens is 326 g/mol. The van der Waals surface area contributed by atoms with Crippen LogP contribution in [-0.4, -0.2) is 25.0 Å². The minimum Gasteiger partial charge on any atom is -0.497 e. The first-order chi connectivity index (χ1) is 9.11. The molecule has 1 aromatic carbocycles. The summed E-state index contributed by atoms with van der Waals surface area (Å²) in [5.41, 5.74) is 1.04. The molecule has 1 amide bonds. The Balaban J connectivity index is 2.10. The van der Waals surface area contributed by atoms with E-state index in [1.165, 1.54) is 11.3 Å². The van der Waals surface area contributed by atoms with Crippen molar-refractivity contribution in [2.75, 3.05) is 14.2 Å². The van der Waals surface area contributed by atoms with Crippen LogP contribution in [0.3, 0.4) is 0 Å². The van der Waals surface area contributed by atoms with Gasteiger partial charge >= 0.3 is 0 Å². The molecule has 0 saturated carbocycles. The summed E-state index contributed by atoms with van der Waals surface area (Å²) in [6, 6.07) is 9.62. The Hall–Kier alpha value is -1.33. The minimum absolute atomic E-state index is 0.0182. The van der Waals surface area contributed by atoms with Gasteiger partial charge < -0.3 is 9.64 Å². The van der Waals surface area contributed by atoms with E-state index in [9.17, 15) is 4.79 Å². The van der Waals surface area contributed by atoms with Gasteiger partial charge in [-0.2, -0.15) is 0 Å². The zero-order valence-corrected chi connectivity index (χ0v) is 13.1. The number of benzene rings is 1. The van der Waals surface area contributed by atoms with E-state index < -0.39 is 0 Å². The lowest BCUT2D eigenvalue weighted by Crippen LogP contribution is -2.25. The fourth-order valence-corrected chi connectivity index (χ4v) is 3.27. The van der Waals surface area contributed by atoms with Gasteiger partial charge in [-0.1, -0.05) is 12.1 Å². The Labute approximate surface area is 124 Å². The van der Waals surface area contributed by atoms with Crippen molar-refractivity contribution >= 4 is 33.2 Å². The number of amides is 1. The largest absolute Gasteiger partial charge is 0.497 e. The summed E-state index contributed by atoms with van der Waals surface area (Å²) in [5.74, 6) is 0.820. The van der Waals surface area contributed by atoms with Crippen molar-refractivity contribution in [2.24, 2.45) is 0 Å². The summed E-state index contributed by atoms with van der Waals surface area (Å²) in [7, 11) is 3.44. The number of hydrogen-bond donors (Lipinski definition) is 0. The van der Waals surface area contributed by atoms with Crippen molar-refractivity contribution in [2.45, 2.75) is 6.54 Å². The predicted octanol–water partition coefficient (Wildman–Crippen LogP) is 3.79. The average molecular weight is 340 g/mol. The molecule has 0 aliphatic rings. The van der Waals surface area contributed by atoms with Crippen LogP contribution in [0.5, 0.6) is 5.75 Å². The van der Waals surface area contributed by atoms with Crippen molar-refractivity contribution < 1.29 is 9.53 Å². The number of methoxy groups -OCH3 is 1. The van der Waals surface area contributed by atoms with Gasteiger partial charge in [0.2, 0.25) is 0 Å². The number of carbonyl (C=O) groups excluding carboxylic acids is 1. The van der Waals surface area contributed by atoms with Crippen LogP contribution in [0.4, 0.5) is 0 Å². The molecule has 0 atom stereocenters. The fourth-order valence-electron chi connectivity index (χ4n) is 1.74. The highest BCUT2D eigenvalue weighted by molar-refractivity contribution is 9.10. The van der Waals surface area contributed by atoms with Gasteiger partial charge in [0.25, 0.3) is 5.91 Å². The van der Waals surface area contributed by atoms with Crippen LogP contribution in [0.15, 0.2) is 40.2 Å². The lowest BCUT2D eigenvalue weighted by atomic mass is 10.2. The molecule has 0 spiro atoms. The maximum Gasteiger partial charge on any atom is 0.265 e. The molecule has 0 radical (unpaired) electrons. The maximum absolute atomic E-state index is 12.3. The molecule has 2 aromatic rings. The van der Waals surface area contributed by atoms with Crippen molar-refractivity contribution in [1.29, 1.82) is 0 Å². The van der Waals surface area contributed by atoms with Gasteiger partial charge in [-0.25, -0.2) is 0 Å². The molecule has 100 valence electrons. The number of rotatable bonds is 4. The molecule has 0 fully saturated rings. The SMILES string of the molecule is COc1cccc(CN(C)C(=O)c2sccc2Br)c1. The van der Waals surface area contributed by atoms with Crippen LogP contribution < -0.4 is 4.74 Å². The predicted molar refractivity (Wildman–Crippen MR) is 80.8 cm³/mol. The van der Waals surface area contributed by atoms with Crippen LogP contribution in [0.1, 0.15) is 15.2 Å². The van der Waals surface area contributed by atoms with Crippen LogP contribution in [0.2, 0.25) is 0 Å². The van der Waals surface area contributed by atoms with Gasteiger partial charge in [0, 0.05) is 18.1 Å². The topological polar surface area (TPSA) is 29.5 Å². The lowest BCUT2D eigenvalue weighted by molar-refractivity contribution is 0.0789. The Morgan fingerprint density at radius 3 is 2.84 bits per heavy atom. The average Bonchev–Trinajstić information content (AvgIpc) is 2.84. The number of halogens is 1. The van der Waals surface area contributed by atoms with E-state index in [1.54, 1.807) is 19.1 Å². The fraction of sp³-hybridized carbons (Fsp3) is 0.214.